The molecule has 0 spiro atoms. The van der Waals surface area contributed by atoms with Crippen molar-refractivity contribution in [2.24, 2.45) is 0 Å². The van der Waals surface area contributed by atoms with E-state index in [0.717, 1.165) is 12.1 Å². The molecule has 0 radical (unpaired) electrons. The van der Waals surface area contributed by atoms with Crippen LogP contribution in [0.1, 0.15) is 5.82 Å². The molecule has 1 aromatic carbocycles. The van der Waals surface area contributed by atoms with Crippen molar-refractivity contribution in [2.45, 2.75) is 6.92 Å². The van der Waals surface area contributed by atoms with E-state index in [2.05, 4.69) is 26.0 Å². The van der Waals surface area contributed by atoms with Crippen molar-refractivity contribution in [3.8, 4) is 5.69 Å². The van der Waals surface area contributed by atoms with Gasteiger partial charge < -0.3 is 0 Å². The highest BCUT2D eigenvalue weighted by atomic mass is 79.9. The van der Waals surface area contributed by atoms with Crippen LogP contribution in [0.15, 0.2) is 22.9 Å². The third-order valence-corrected chi connectivity index (χ3v) is 2.45. The highest BCUT2D eigenvalue weighted by molar-refractivity contribution is 9.10. The van der Waals surface area contributed by atoms with Gasteiger partial charge in [0.1, 0.15) is 29.5 Å². The molecule has 78 valence electrons. The summed E-state index contributed by atoms with van der Waals surface area (Å²) in [6, 6.07) is 2.12. The highest BCUT2D eigenvalue weighted by Crippen LogP contribution is 2.21. The van der Waals surface area contributed by atoms with Gasteiger partial charge in [0.05, 0.1) is 4.47 Å². The lowest BCUT2D eigenvalue weighted by atomic mass is 10.3. The molecule has 0 aliphatic carbocycles. The first kappa shape index (κ1) is 10.2. The van der Waals surface area contributed by atoms with Crippen LogP contribution < -0.4 is 0 Å². The fourth-order valence-electron chi connectivity index (χ4n) is 1.15. The molecule has 0 aliphatic heterocycles. The molecule has 15 heavy (non-hydrogen) atoms. The van der Waals surface area contributed by atoms with Gasteiger partial charge in [-0.15, -0.1) is 0 Å². The number of hydrogen-bond donors (Lipinski definition) is 0. The third kappa shape index (κ3) is 1.90. The monoisotopic (exact) mass is 273 g/mol. The normalized spacial score (nSPS) is 10.7. The molecule has 3 nitrogen and oxygen atoms in total. The number of hydrogen-bond acceptors (Lipinski definition) is 2. The van der Waals surface area contributed by atoms with Crippen LogP contribution in [0, 0.1) is 18.6 Å². The molecule has 0 fully saturated rings. The van der Waals surface area contributed by atoms with Gasteiger partial charge in [0.15, 0.2) is 0 Å². The van der Waals surface area contributed by atoms with Crippen LogP contribution in [0.3, 0.4) is 0 Å². The Kier molecular flexibility index (Phi) is 2.52. The number of halogens is 3. The molecule has 0 atom stereocenters. The van der Waals surface area contributed by atoms with E-state index in [4.69, 9.17) is 0 Å². The summed E-state index contributed by atoms with van der Waals surface area (Å²) in [7, 11) is 0. The van der Waals surface area contributed by atoms with Crippen molar-refractivity contribution in [2.75, 3.05) is 0 Å². The summed E-state index contributed by atoms with van der Waals surface area (Å²) < 4.78 is 27.9. The lowest BCUT2D eigenvalue weighted by Gasteiger charge is -2.03. The second-order valence-electron chi connectivity index (χ2n) is 2.95. The summed E-state index contributed by atoms with van der Waals surface area (Å²) in [5, 5.41) is 3.90. The first-order chi connectivity index (χ1) is 7.08. The first-order valence-electron chi connectivity index (χ1n) is 4.11. The fraction of sp³-hybridized carbons (Fsp3) is 0.111. The van der Waals surface area contributed by atoms with E-state index in [1.54, 1.807) is 6.92 Å². The molecular weight excluding hydrogens is 268 g/mol. The maximum absolute atomic E-state index is 13.4. The van der Waals surface area contributed by atoms with Gasteiger partial charge in [-0.2, -0.15) is 5.10 Å². The number of benzene rings is 1. The smallest absolute Gasteiger partial charge is 0.150 e. The Hall–Kier alpha value is -1.30. The third-order valence-electron chi connectivity index (χ3n) is 1.84. The van der Waals surface area contributed by atoms with E-state index in [1.807, 2.05) is 0 Å². The molecule has 0 saturated heterocycles. The Morgan fingerprint density at radius 2 is 2.00 bits per heavy atom. The molecule has 1 heterocycles. The molecule has 0 aliphatic rings. The van der Waals surface area contributed by atoms with Crippen LogP contribution in [0.5, 0.6) is 0 Å². The Morgan fingerprint density at radius 1 is 1.27 bits per heavy atom. The minimum atomic E-state index is -0.562. The zero-order valence-corrected chi connectivity index (χ0v) is 9.29. The van der Waals surface area contributed by atoms with Gasteiger partial charge in [-0.1, -0.05) is 0 Å². The molecular formula is C9H6BrF2N3. The van der Waals surface area contributed by atoms with Crippen LogP contribution >= 0.6 is 15.9 Å². The second kappa shape index (κ2) is 3.69. The summed E-state index contributed by atoms with van der Waals surface area (Å²) in [5.74, 6) is -0.606. The van der Waals surface area contributed by atoms with Crippen LogP contribution in [-0.2, 0) is 0 Å². The van der Waals surface area contributed by atoms with Crippen molar-refractivity contribution in [1.29, 1.82) is 0 Å². The first-order valence-corrected chi connectivity index (χ1v) is 4.90. The lowest BCUT2D eigenvalue weighted by Crippen LogP contribution is -2.00. The predicted octanol–water partition coefficient (Wildman–Crippen LogP) is 2.62. The van der Waals surface area contributed by atoms with Gasteiger partial charge in [-0.3, -0.25) is 0 Å². The van der Waals surface area contributed by atoms with Crippen LogP contribution in [-0.4, -0.2) is 14.8 Å². The van der Waals surface area contributed by atoms with E-state index < -0.39 is 11.6 Å². The molecule has 0 bridgehead atoms. The van der Waals surface area contributed by atoms with E-state index in [9.17, 15) is 8.78 Å². The number of rotatable bonds is 1. The van der Waals surface area contributed by atoms with Gasteiger partial charge in [0.25, 0.3) is 0 Å². The van der Waals surface area contributed by atoms with E-state index >= 15 is 0 Å². The predicted molar refractivity (Wildman–Crippen MR) is 53.7 cm³/mol. The van der Waals surface area contributed by atoms with Crippen molar-refractivity contribution in [3.63, 3.8) is 0 Å². The summed E-state index contributed by atoms with van der Waals surface area (Å²) >= 11 is 2.90. The number of nitrogens with zero attached hydrogens (tertiary/aromatic N) is 3. The largest absolute Gasteiger partial charge is 0.220 e. The van der Waals surface area contributed by atoms with Crippen molar-refractivity contribution in [3.05, 3.63) is 40.4 Å². The summed E-state index contributed by atoms with van der Waals surface area (Å²) in [6.45, 7) is 1.67. The van der Waals surface area contributed by atoms with Gasteiger partial charge in [-0.25, -0.2) is 18.4 Å². The van der Waals surface area contributed by atoms with E-state index in [1.165, 1.54) is 11.0 Å². The number of aryl methyl sites for hydroxylation is 1. The molecule has 0 unspecified atom stereocenters. The second-order valence-corrected chi connectivity index (χ2v) is 3.81. The Labute approximate surface area is 92.9 Å². The summed E-state index contributed by atoms with van der Waals surface area (Å²) in [5.41, 5.74) is 0.0382. The van der Waals surface area contributed by atoms with Crippen molar-refractivity contribution >= 4 is 15.9 Å². The topological polar surface area (TPSA) is 30.7 Å². The van der Waals surface area contributed by atoms with Gasteiger partial charge in [0, 0.05) is 6.07 Å². The maximum atomic E-state index is 13.4. The lowest BCUT2D eigenvalue weighted by molar-refractivity contribution is 0.581. The minimum absolute atomic E-state index is 0.0382. The summed E-state index contributed by atoms with van der Waals surface area (Å²) in [6.07, 6.45) is 1.33. The standard InChI is InChI=1S/C9H6BrF2N3/c1-5-13-4-15(14-5)9-3-7(11)6(10)2-8(9)12/h2-4H,1H3. The Morgan fingerprint density at radius 3 is 2.60 bits per heavy atom. The minimum Gasteiger partial charge on any atom is -0.220 e. The quantitative estimate of drug-likeness (QED) is 0.748. The van der Waals surface area contributed by atoms with Gasteiger partial charge in [0.2, 0.25) is 0 Å². The zero-order valence-electron chi connectivity index (χ0n) is 7.71. The molecule has 0 amide bonds. The van der Waals surface area contributed by atoms with Crippen LogP contribution in [0.25, 0.3) is 5.69 Å². The van der Waals surface area contributed by atoms with E-state index in [0.29, 0.717) is 5.82 Å². The average molecular weight is 274 g/mol. The molecule has 6 heteroatoms. The molecule has 2 rings (SSSR count). The van der Waals surface area contributed by atoms with E-state index in [-0.39, 0.29) is 10.2 Å². The Bertz CT molecular complexity index is 510. The number of aromatic nitrogens is 3. The highest BCUT2D eigenvalue weighted by Gasteiger charge is 2.10. The maximum Gasteiger partial charge on any atom is 0.150 e. The molecule has 0 N–H and O–H groups in total. The Balaban J connectivity index is 2.58. The average Bonchev–Trinajstić information content (AvgIpc) is 2.58. The molecule has 2 aromatic rings. The summed E-state index contributed by atoms with van der Waals surface area (Å²) in [4.78, 5) is 3.84. The fourth-order valence-corrected chi connectivity index (χ4v) is 1.46. The van der Waals surface area contributed by atoms with Crippen molar-refractivity contribution in [1.82, 2.24) is 14.8 Å². The SMILES string of the molecule is Cc1ncn(-c2cc(F)c(Br)cc2F)n1. The zero-order chi connectivity index (χ0) is 11.0. The molecule has 1 aromatic heterocycles. The van der Waals surface area contributed by atoms with Crippen LogP contribution in [0.4, 0.5) is 8.78 Å². The van der Waals surface area contributed by atoms with Gasteiger partial charge in [-0.05, 0) is 28.9 Å². The molecule has 0 saturated carbocycles. The van der Waals surface area contributed by atoms with Gasteiger partial charge >= 0.3 is 0 Å². The van der Waals surface area contributed by atoms with Crippen molar-refractivity contribution < 1.29 is 8.78 Å². The van der Waals surface area contributed by atoms with Crippen LogP contribution in [0.2, 0.25) is 0 Å².